The highest BCUT2D eigenvalue weighted by Gasteiger charge is 2.09. The Balaban J connectivity index is 2.44. The van der Waals surface area contributed by atoms with Crippen molar-refractivity contribution >= 4 is 55.9 Å². The topological polar surface area (TPSA) is 87.2 Å². The zero-order valence-corrected chi connectivity index (χ0v) is 14.7. The van der Waals surface area contributed by atoms with Crippen LogP contribution in [0.1, 0.15) is 11.1 Å². The molecule has 0 aliphatic carbocycles. The number of nitro benzene ring substituents is 1. The lowest BCUT2D eigenvalue weighted by Crippen LogP contribution is -1.89. The molecular formula is C15H8BrIN2O3. The molecule has 22 heavy (non-hydrogen) atoms. The molecule has 2 aromatic carbocycles. The van der Waals surface area contributed by atoms with Crippen molar-refractivity contribution in [3.8, 4) is 11.8 Å². The first-order valence-corrected chi connectivity index (χ1v) is 7.84. The number of rotatable bonds is 3. The van der Waals surface area contributed by atoms with E-state index >= 15 is 0 Å². The highest BCUT2D eigenvalue weighted by atomic mass is 127. The maximum absolute atomic E-state index is 10.6. The van der Waals surface area contributed by atoms with Gasteiger partial charge in [0.15, 0.2) is 0 Å². The summed E-state index contributed by atoms with van der Waals surface area (Å²) in [7, 11) is 0. The molecule has 0 unspecified atom stereocenters. The SMILES string of the molecule is N#C/C(=C/c1cc(Br)c(O)c(I)c1)c1ccc([N+](=O)[O-])cc1. The van der Waals surface area contributed by atoms with Crippen LogP contribution in [-0.4, -0.2) is 10.0 Å². The van der Waals surface area contributed by atoms with Crippen LogP contribution >= 0.6 is 38.5 Å². The summed E-state index contributed by atoms with van der Waals surface area (Å²) in [4.78, 5) is 10.2. The summed E-state index contributed by atoms with van der Waals surface area (Å²) in [6.07, 6.45) is 1.66. The number of allylic oxidation sites excluding steroid dienone is 1. The van der Waals surface area contributed by atoms with Gasteiger partial charge in [0.05, 0.1) is 24.6 Å². The van der Waals surface area contributed by atoms with Crippen molar-refractivity contribution in [1.82, 2.24) is 0 Å². The lowest BCUT2D eigenvalue weighted by Gasteiger charge is -2.04. The minimum Gasteiger partial charge on any atom is -0.506 e. The van der Waals surface area contributed by atoms with Gasteiger partial charge in [-0.25, -0.2) is 0 Å². The molecule has 0 spiro atoms. The number of hydrogen-bond donors (Lipinski definition) is 1. The van der Waals surface area contributed by atoms with E-state index in [4.69, 9.17) is 0 Å². The first-order chi connectivity index (χ1) is 10.4. The van der Waals surface area contributed by atoms with Crippen molar-refractivity contribution in [1.29, 1.82) is 5.26 Å². The number of non-ortho nitro benzene ring substituents is 1. The smallest absolute Gasteiger partial charge is 0.269 e. The van der Waals surface area contributed by atoms with Crippen molar-refractivity contribution in [3.05, 3.63) is 65.7 Å². The molecule has 0 amide bonds. The van der Waals surface area contributed by atoms with Crippen LogP contribution in [0.4, 0.5) is 5.69 Å². The largest absolute Gasteiger partial charge is 0.506 e. The third kappa shape index (κ3) is 3.64. The molecule has 0 aliphatic rings. The zero-order chi connectivity index (χ0) is 16.3. The van der Waals surface area contributed by atoms with Gasteiger partial charge in [-0.2, -0.15) is 5.26 Å². The van der Waals surface area contributed by atoms with E-state index in [-0.39, 0.29) is 11.4 Å². The minimum atomic E-state index is -0.487. The molecule has 0 atom stereocenters. The van der Waals surface area contributed by atoms with Crippen molar-refractivity contribution in [2.75, 3.05) is 0 Å². The van der Waals surface area contributed by atoms with E-state index in [9.17, 15) is 20.5 Å². The Kier molecular flexibility index (Phi) is 5.15. The number of aromatic hydroxyl groups is 1. The fraction of sp³-hybridized carbons (Fsp3) is 0. The van der Waals surface area contributed by atoms with Crippen molar-refractivity contribution in [2.24, 2.45) is 0 Å². The predicted octanol–water partition coefficient (Wildman–Crippen LogP) is 4.73. The third-order valence-electron chi connectivity index (χ3n) is 2.86. The number of nitrogens with zero attached hydrogens (tertiary/aromatic N) is 2. The minimum absolute atomic E-state index is 0.0250. The highest BCUT2D eigenvalue weighted by molar-refractivity contribution is 14.1. The van der Waals surface area contributed by atoms with Gasteiger partial charge in [-0.1, -0.05) is 0 Å². The van der Waals surface area contributed by atoms with Crippen LogP contribution in [0.25, 0.3) is 11.6 Å². The van der Waals surface area contributed by atoms with Gasteiger partial charge in [0.1, 0.15) is 5.75 Å². The first-order valence-electron chi connectivity index (χ1n) is 5.97. The Morgan fingerprint density at radius 3 is 2.50 bits per heavy atom. The van der Waals surface area contributed by atoms with E-state index in [1.54, 1.807) is 18.2 Å². The Morgan fingerprint density at radius 1 is 1.36 bits per heavy atom. The van der Waals surface area contributed by atoms with Gasteiger partial charge in [0, 0.05) is 12.1 Å². The number of nitro groups is 1. The second-order valence-electron chi connectivity index (χ2n) is 4.31. The predicted molar refractivity (Wildman–Crippen MR) is 95.1 cm³/mol. The molecule has 7 heteroatoms. The van der Waals surface area contributed by atoms with E-state index in [0.717, 1.165) is 5.56 Å². The van der Waals surface area contributed by atoms with Crippen molar-refractivity contribution < 1.29 is 10.0 Å². The molecule has 0 saturated heterocycles. The molecule has 5 nitrogen and oxygen atoms in total. The zero-order valence-electron chi connectivity index (χ0n) is 11.0. The van der Waals surface area contributed by atoms with Crippen LogP contribution in [0.5, 0.6) is 5.75 Å². The second kappa shape index (κ2) is 6.89. The fourth-order valence-corrected chi connectivity index (χ4v) is 3.28. The Morgan fingerprint density at radius 2 is 2.00 bits per heavy atom. The highest BCUT2D eigenvalue weighted by Crippen LogP contribution is 2.32. The number of halogens is 2. The molecule has 0 fully saturated rings. The standard InChI is InChI=1S/C15H8BrIN2O3/c16-13-6-9(7-14(17)15(13)20)5-11(8-18)10-1-3-12(4-2-10)19(21)22/h1-7,20H/b11-5-. The summed E-state index contributed by atoms with van der Waals surface area (Å²) < 4.78 is 1.19. The van der Waals surface area contributed by atoms with Crippen LogP contribution in [0.3, 0.4) is 0 Å². The molecule has 110 valence electrons. The molecule has 0 saturated carbocycles. The monoisotopic (exact) mass is 470 g/mol. The lowest BCUT2D eigenvalue weighted by molar-refractivity contribution is -0.384. The fourth-order valence-electron chi connectivity index (χ4n) is 1.78. The Hall–Kier alpha value is -1.92. The van der Waals surface area contributed by atoms with Crippen LogP contribution in [0.15, 0.2) is 40.9 Å². The van der Waals surface area contributed by atoms with E-state index in [2.05, 4.69) is 22.0 Å². The van der Waals surface area contributed by atoms with Gasteiger partial charge in [-0.15, -0.1) is 0 Å². The average Bonchev–Trinajstić information content (AvgIpc) is 2.50. The summed E-state index contributed by atoms with van der Waals surface area (Å²) in [6.45, 7) is 0. The summed E-state index contributed by atoms with van der Waals surface area (Å²) in [6, 6.07) is 11.3. The molecule has 0 bridgehead atoms. The second-order valence-corrected chi connectivity index (χ2v) is 6.32. The van der Waals surface area contributed by atoms with E-state index in [1.807, 2.05) is 22.6 Å². The maximum atomic E-state index is 10.6. The van der Waals surface area contributed by atoms with E-state index < -0.39 is 4.92 Å². The Labute approximate surface area is 148 Å². The van der Waals surface area contributed by atoms with Gasteiger partial charge in [-0.05, 0) is 80.0 Å². The number of benzene rings is 2. The van der Waals surface area contributed by atoms with E-state index in [0.29, 0.717) is 19.2 Å². The summed E-state index contributed by atoms with van der Waals surface area (Å²) in [5.41, 5.74) is 1.68. The lowest BCUT2D eigenvalue weighted by atomic mass is 10.0. The third-order valence-corrected chi connectivity index (χ3v) is 4.29. The summed E-state index contributed by atoms with van der Waals surface area (Å²) in [5, 5.41) is 29.7. The number of nitriles is 1. The molecule has 0 radical (unpaired) electrons. The molecule has 0 aliphatic heterocycles. The Bertz CT molecular complexity index is 788. The van der Waals surface area contributed by atoms with E-state index in [1.165, 1.54) is 24.3 Å². The van der Waals surface area contributed by atoms with Gasteiger partial charge >= 0.3 is 0 Å². The average molecular weight is 471 g/mol. The van der Waals surface area contributed by atoms with Crippen molar-refractivity contribution in [3.63, 3.8) is 0 Å². The quantitative estimate of drug-likeness (QED) is 0.231. The molecule has 1 N–H and O–H groups in total. The van der Waals surface area contributed by atoms with Crippen LogP contribution in [0, 0.1) is 25.0 Å². The maximum Gasteiger partial charge on any atom is 0.269 e. The van der Waals surface area contributed by atoms with Gasteiger partial charge in [0.25, 0.3) is 5.69 Å². The number of phenols is 1. The van der Waals surface area contributed by atoms with Gasteiger partial charge < -0.3 is 5.11 Å². The van der Waals surface area contributed by atoms with Crippen LogP contribution < -0.4 is 0 Å². The number of phenolic OH excluding ortho intramolecular Hbond substituents is 1. The summed E-state index contributed by atoms with van der Waals surface area (Å²) >= 11 is 5.24. The molecule has 0 aromatic heterocycles. The van der Waals surface area contributed by atoms with Crippen LogP contribution in [-0.2, 0) is 0 Å². The first kappa shape index (κ1) is 16.5. The molecule has 0 heterocycles. The summed E-state index contributed by atoms with van der Waals surface area (Å²) in [5.74, 6) is 0.145. The molecular weight excluding hydrogens is 463 g/mol. The van der Waals surface area contributed by atoms with Crippen molar-refractivity contribution in [2.45, 2.75) is 0 Å². The normalized spacial score (nSPS) is 11.0. The van der Waals surface area contributed by atoms with Crippen LogP contribution in [0.2, 0.25) is 0 Å². The molecule has 2 aromatic rings. The molecule has 2 rings (SSSR count). The van der Waals surface area contributed by atoms with Gasteiger partial charge in [0.2, 0.25) is 0 Å². The number of hydrogen-bond acceptors (Lipinski definition) is 4. The van der Waals surface area contributed by atoms with Gasteiger partial charge in [-0.3, -0.25) is 10.1 Å².